The Morgan fingerprint density at radius 3 is 2.41 bits per heavy atom. The van der Waals surface area contributed by atoms with Gasteiger partial charge in [0, 0.05) is 23.9 Å². The lowest BCUT2D eigenvalue weighted by Crippen LogP contribution is -2.42. The second-order valence-electron chi connectivity index (χ2n) is 8.54. The number of nitrogens with one attached hydrogen (secondary N) is 1. The minimum absolute atomic E-state index is 0.0563. The summed E-state index contributed by atoms with van der Waals surface area (Å²) in [5, 5.41) is 2.99. The molecule has 2 aromatic carbocycles. The molecular formula is C24H30N2O3. The third-order valence-corrected chi connectivity index (χ3v) is 5.27. The Hall–Kier alpha value is -2.82. The monoisotopic (exact) mass is 394 g/mol. The maximum atomic E-state index is 12.9. The molecule has 0 saturated heterocycles. The lowest BCUT2D eigenvalue weighted by molar-refractivity contribution is -0.127. The number of carbonyl (C=O) groups is 2. The van der Waals surface area contributed by atoms with Gasteiger partial charge in [0.15, 0.2) is 0 Å². The van der Waals surface area contributed by atoms with Crippen LogP contribution in [0.5, 0.6) is 5.75 Å². The molecular weight excluding hydrogens is 364 g/mol. The summed E-state index contributed by atoms with van der Waals surface area (Å²) in [6.45, 7) is 12.7. The molecule has 29 heavy (non-hydrogen) atoms. The zero-order chi connectivity index (χ0) is 21.3. The summed E-state index contributed by atoms with van der Waals surface area (Å²) in [4.78, 5) is 27.6. The molecule has 1 aliphatic rings. The van der Waals surface area contributed by atoms with Crippen molar-refractivity contribution >= 4 is 23.2 Å². The van der Waals surface area contributed by atoms with E-state index in [-0.39, 0.29) is 11.8 Å². The molecule has 1 N–H and O–H groups in total. The Kier molecular flexibility index (Phi) is 5.69. The molecule has 1 aliphatic heterocycles. The van der Waals surface area contributed by atoms with Gasteiger partial charge in [0.05, 0.1) is 11.1 Å². The maximum absolute atomic E-state index is 12.9. The predicted molar refractivity (Wildman–Crippen MR) is 117 cm³/mol. The Morgan fingerprint density at radius 2 is 1.79 bits per heavy atom. The van der Waals surface area contributed by atoms with Crippen molar-refractivity contribution in [1.29, 1.82) is 0 Å². The van der Waals surface area contributed by atoms with Gasteiger partial charge in [-0.1, -0.05) is 24.6 Å². The zero-order valence-electron chi connectivity index (χ0n) is 18.2. The van der Waals surface area contributed by atoms with E-state index in [1.807, 2.05) is 71.9 Å². The number of hydrogen-bond donors (Lipinski definition) is 1. The quantitative estimate of drug-likeness (QED) is 0.792. The van der Waals surface area contributed by atoms with E-state index in [2.05, 4.69) is 5.32 Å². The van der Waals surface area contributed by atoms with Crippen molar-refractivity contribution in [2.45, 2.75) is 48.0 Å². The summed E-state index contributed by atoms with van der Waals surface area (Å²) in [5.74, 6) is 0.531. The number of nitrogens with zero attached hydrogens (tertiary/aromatic N) is 1. The molecule has 0 atom stereocenters. The fourth-order valence-corrected chi connectivity index (χ4v) is 3.90. The Balaban J connectivity index is 1.92. The summed E-state index contributed by atoms with van der Waals surface area (Å²) in [6, 6.07) is 9.52. The lowest BCUT2D eigenvalue weighted by Gasteiger charge is -2.27. The molecule has 2 aromatic rings. The van der Waals surface area contributed by atoms with E-state index < -0.39 is 5.41 Å². The normalized spacial score (nSPS) is 15.4. The van der Waals surface area contributed by atoms with Gasteiger partial charge in [0.25, 0.3) is 5.91 Å². The molecule has 154 valence electrons. The molecule has 0 fully saturated rings. The molecule has 3 rings (SSSR count). The van der Waals surface area contributed by atoms with Crippen LogP contribution < -0.4 is 15.0 Å². The highest BCUT2D eigenvalue weighted by Gasteiger charge is 2.37. The first-order valence-electron chi connectivity index (χ1n) is 10.1. The minimum Gasteiger partial charge on any atom is -0.490 e. The van der Waals surface area contributed by atoms with E-state index in [1.165, 1.54) is 0 Å². The average molecular weight is 395 g/mol. The number of benzene rings is 2. The van der Waals surface area contributed by atoms with Crippen molar-refractivity contribution in [2.24, 2.45) is 5.41 Å². The van der Waals surface area contributed by atoms with Crippen LogP contribution in [0.15, 0.2) is 30.3 Å². The van der Waals surface area contributed by atoms with Crippen molar-refractivity contribution in [3.05, 3.63) is 52.6 Å². The molecule has 1 heterocycles. The SMILES string of the molecule is CCCN1C(=O)C(C)(C)COc2cc(NC(=O)c3c(C)cc(C)cc3C)ccc21. The van der Waals surface area contributed by atoms with Crippen molar-refractivity contribution in [2.75, 3.05) is 23.4 Å². The van der Waals surface area contributed by atoms with Gasteiger partial charge in [-0.2, -0.15) is 0 Å². The fraction of sp³-hybridized carbons (Fsp3) is 0.417. The molecule has 2 amide bonds. The van der Waals surface area contributed by atoms with Crippen LogP contribution >= 0.6 is 0 Å². The number of anilines is 2. The highest BCUT2D eigenvalue weighted by Crippen LogP contribution is 2.38. The van der Waals surface area contributed by atoms with Crippen LogP contribution in [0.2, 0.25) is 0 Å². The van der Waals surface area contributed by atoms with Gasteiger partial charge in [-0.3, -0.25) is 9.59 Å². The van der Waals surface area contributed by atoms with E-state index in [1.54, 1.807) is 4.90 Å². The van der Waals surface area contributed by atoms with Gasteiger partial charge in [-0.15, -0.1) is 0 Å². The summed E-state index contributed by atoms with van der Waals surface area (Å²) >= 11 is 0. The number of ether oxygens (including phenoxy) is 1. The average Bonchev–Trinajstić information content (AvgIpc) is 2.71. The molecule has 5 nitrogen and oxygen atoms in total. The Bertz CT molecular complexity index is 940. The van der Waals surface area contributed by atoms with Gasteiger partial charge >= 0.3 is 0 Å². The summed E-state index contributed by atoms with van der Waals surface area (Å²) < 4.78 is 5.99. The molecule has 5 heteroatoms. The predicted octanol–water partition coefficient (Wildman–Crippen LogP) is 5.03. The van der Waals surface area contributed by atoms with Gasteiger partial charge < -0.3 is 15.0 Å². The molecule has 0 bridgehead atoms. The topological polar surface area (TPSA) is 58.6 Å². The molecule has 0 aromatic heterocycles. The number of carbonyl (C=O) groups excluding carboxylic acids is 2. The molecule has 0 spiro atoms. The fourth-order valence-electron chi connectivity index (χ4n) is 3.90. The smallest absolute Gasteiger partial charge is 0.256 e. The van der Waals surface area contributed by atoms with Crippen molar-refractivity contribution in [3.8, 4) is 5.75 Å². The number of hydrogen-bond acceptors (Lipinski definition) is 3. The van der Waals surface area contributed by atoms with Crippen molar-refractivity contribution in [3.63, 3.8) is 0 Å². The van der Waals surface area contributed by atoms with Crippen LogP contribution in [0.3, 0.4) is 0 Å². The number of rotatable bonds is 4. The highest BCUT2D eigenvalue weighted by molar-refractivity contribution is 6.07. The lowest BCUT2D eigenvalue weighted by atomic mass is 9.93. The van der Waals surface area contributed by atoms with Gasteiger partial charge in [0.2, 0.25) is 5.91 Å². The third-order valence-electron chi connectivity index (χ3n) is 5.27. The summed E-state index contributed by atoms with van der Waals surface area (Å²) in [5.41, 5.74) is 4.53. The number of aryl methyl sites for hydroxylation is 3. The molecule has 0 unspecified atom stereocenters. The summed E-state index contributed by atoms with van der Waals surface area (Å²) in [6.07, 6.45) is 0.853. The third kappa shape index (κ3) is 4.14. The van der Waals surface area contributed by atoms with E-state index in [4.69, 9.17) is 4.74 Å². The second-order valence-corrected chi connectivity index (χ2v) is 8.54. The first-order valence-corrected chi connectivity index (χ1v) is 10.1. The minimum atomic E-state index is -0.603. The van der Waals surface area contributed by atoms with Crippen LogP contribution in [-0.2, 0) is 4.79 Å². The first-order chi connectivity index (χ1) is 13.6. The Labute approximate surface area is 173 Å². The second kappa shape index (κ2) is 7.90. The summed E-state index contributed by atoms with van der Waals surface area (Å²) in [7, 11) is 0. The molecule has 0 aliphatic carbocycles. The van der Waals surface area contributed by atoms with Crippen molar-refractivity contribution in [1.82, 2.24) is 0 Å². The molecule has 0 saturated carbocycles. The standard InChI is InChI=1S/C24H30N2O3/c1-7-10-26-19-9-8-18(13-20(19)29-14-24(5,6)23(26)28)25-22(27)21-16(3)11-15(2)12-17(21)4/h8-9,11-13H,7,10,14H2,1-6H3,(H,25,27). The maximum Gasteiger partial charge on any atom is 0.256 e. The van der Waals surface area contributed by atoms with Crippen LogP contribution in [0.1, 0.15) is 54.2 Å². The molecule has 0 radical (unpaired) electrons. The van der Waals surface area contributed by atoms with Gasteiger partial charge in [-0.05, 0) is 64.3 Å². The van der Waals surface area contributed by atoms with E-state index in [9.17, 15) is 9.59 Å². The van der Waals surface area contributed by atoms with Crippen LogP contribution in [0, 0.1) is 26.2 Å². The first kappa shape index (κ1) is 20.9. The largest absolute Gasteiger partial charge is 0.490 e. The zero-order valence-corrected chi connectivity index (χ0v) is 18.2. The van der Waals surface area contributed by atoms with Gasteiger partial charge in [-0.25, -0.2) is 0 Å². The van der Waals surface area contributed by atoms with E-state index in [0.29, 0.717) is 30.2 Å². The van der Waals surface area contributed by atoms with Crippen LogP contribution in [0.4, 0.5) is 11.4 Å². The number of fused-ring (bicyclic) bond motifs is 1. The van der Waals surface area contributed by atoms with E-state index in [0.717, 1.165) is 28.8 Å². The number of amides is 2. The highest BCUT2D eigenvalue weighted by atomic mass is 16.5. The van der Waals surface area contributed by atoms with Crippen LogP contribution in [0.25, 0.3) is 0 Å². The van der Waals surface area contributed by atoms with Crippen LogP contribution in [-0.4, -0.2) is 25.0 Å². The Morgan fingerprint density at radius 1 is 1.14 bits per heavy atom. The van der Waals surface area contributed by atoms with Crippen molar-refractivity contribution < 1.29 is 14.3 Å². The van der Waals surface area contributed by atoms with Gasteiger partial charge in [0.1, 0.15) is 12.4 Å². The van der Waals surface area contributed by atoms with E-state index >= 15 is 0 Å².